The molecular weight excluding hydrogens is 196 g/mol. The van der Waals surface area contributed by atoms with E-state index in [9.17, 15) is 14.7 Å². The first-order valence-corrected chi connectivity index (χ1v) is 4.94. The van der Waals surface area contributed by atoms with Gasteiger partial charge in [-0.25, -0.2) is 0 Å². The maximum Gasteiger partial charge on any atom is 0.317 e. The molecule has 0 bridgehead atoms. The molecule has 4 nitrogen and oxygen atoms in total. The van der Waals surface area contributed by atoms with E-state index in [1.165, 1.54) is 6.26 Å². The molecule has 1 aromatic rings. The van der Waals surface area contributed by atoms with E-state index in [-0.39, 0.29) is 5.78 Å². The standard InChI is InChI=1S/C11H12O4/c12-8-3-5-11(6-4-8,10(13)14)9-2-1-7-15-9/h1-2,7H,3-6H2,(H,13,14). The third kappa shape index (κ3) is 1.56. The van der Waals surface area contributed by atoms with Crippen molar-refractivity contribution in [2.45, 2.75) is 31.1 Å². The summed E-state index contributed by atoms with van der Waals surface area (Å²) in [5.41, 5.74) is -0.989. The van der Waals surface area contributed by atoms with Crippen molar-refractivity contribution < 1.29 is 19.1 Å². The average Bonchev–Trinajstić information content (AvgIpc) is 2.72. The van der Waals surface area contributed by atoms with Gasteiger partial charge >= 0.3 is 5.97 Å². The third-order valence-corrected chi connectivity index (χ3v) is 3.06. The van der Waals surface area contributed by atoms with Gasteiger partial charge in [-0.3, -0.25) is 9.59 Å². The van der Waals surface area contributed by atoms with Crippen molar-refractivity contribution in [3.8, 4) is 0 Å². The minimum absolute atomic E-state index is 0.137. The highest BCUT2D eigenvalue weighted by Gasteiger charge is 2.45. The first kappa shape index (κ1) is 9.96. The quantitative estimate of drug-likeness (QED) is 0.803. The Balaban J connectivity index is 2.34. The molecule has 0 saturated heterocycles. The van der Waals surface area contributed by atoms with Crippen LogP contribution in [-0.2, 0) is 15.0 Å². The summed E-state index contributed by atoms with van der Waals surface area (Å²) < 4.78 is 5.18. The minimum atomic E-state index is -0.989. The van der Waals surface area contributed by atoms with E-state index in [0.717, 1.165) is 0 Å². The van der Waals surface area contributed by atoms with Crippen LogP contribution in [0.4, 0.5) is 0 Å². The van der Waals surface area contributed by atoms with Crippen LogP contribution < -0.4 is 0 Å². The summed E-state index contributed by atoms with van der Waals surface area (Å²) in [7, 11) is 0. The van der Waals surface area contributed by atoms with Gasteiger partial charge in [-0.15, -0.1) is 0 Å². The number of carbonyl (C=O) groups excluding carboxylic acids is 1. The second kappa shape index (κ2) is 3.53. The first-order chi connectivity index (χ1) is 7.15. The molecule has 1 heterocycles. The van der Waals surface area contributed by atoms with Gasteiger partial charge in [-0.05, 0) is 25.0 Å². The molecule has 0 unspecified atom stereocenters. The van der Waals surface area contributed by atoms with Gasteiger partial charge in [0.2, 0.25) is 0 Å². The van der Waals surface area contributed by atoms with E-state index in [2.05, 4.69) is 0 Å². The van der Waals surface area contributed by atoms with Crippen LogP contribution in [0.5, 0.6) is 0 Å². The SMILES string of the molecule is O=C1CCC(C(=O)O)(c2ccco2)CC1. The molecule has 15 heavy (non-hydrogen) atoms. The zero-order valence-electron chi connectivity index (χ0n) is 8.23. The Morgan fingerprint density at radius 1 is 1.40 bits per heavy atom. The van der Waals surface area contributed by atoms with Crippen LogP contribution in [0.15, 0.2) is 22.8 Å². The summed E-state index contributed by atoms with van der Waals surface area (Å²) >= 11 is 0. The minimum Gasteiger partial charge on any atom is -0.480 e. The molecule has 4 heteroatoms. The van der Waals surface area contributed by atoms with Gasteiger partial charge < -0.3 is 9.52 Å². The van der Waals surface area contributed by atoms with Gasteiger partial charge in [0.15, 0.2) is 0 Å². The molecule has 0 spiro atoms. The van der Waals surface area contributed by atoms with Crippen molar-refractivity contribution in [1.29, 1.82) is 0 Å². The van der Waals surface area contributed by atoms with Crippen molar-refractivity contribution in [1.82, 2.24) is 0 Å². The normalized spacial score (nSPS) is 20.1. The lowest BCUT2D eigenvalue weighted by Crippen LogP contribution is -2.39. The van der Waals surface area contributed by atoms with Crippen LogP contribution >= 0.6 is 0 Å². The number of furan rings is 1. The Hall–Kier alpha value is -1.58. The van der Waals surface area contributed by atoms with Gasteiger partial charge in [0.05, 0.1) is 6.26 Å². The van der Waals surface area contributed by atoms with E-state index in [4.69, 9.17) is 4.42 Å². The lowest BCUT2D eigenvalue weighted by atomic mass is 9.72. The maximum absolute atomic E-state index is 11.3. The molecule has 1 aliphatic rings. The van der Waals surface area contributed by atoms with Crippen LogP contribution in [0.25, 0.3) is 0 Å². The topological polar surface area (TPSA) is 67.5 Å². The monoisotopic (exact) mass is 208 g/mol. The number of carboxylic acids is 1. The fourth-order valence-electron chi connectivity index (χ4n) is 2.07. The summed E-state index contributed by atoms with van der Waals surface area (Å²) in [6.07, 6.45) is 2.81. The van der Waals surface area contributed by atoms with Gasteiger partial charge in [0.1, 0.15) is 17.0 Å². The number of hydrogen-bond acceptors (Lipinski definition) is 3. The molecular formula is C11H12O4. The number of Topliss-reactive ketones (excluding diaryl/α,β-unsaturated/α-hetero) is 1. The van der Waals surface area contributed by atoms with E-state index in [1.807, 2.05) is 0 Å². The van der Waals surface area contributed by atoms with Crippen molar-refractivity contribution >= 4 is 11.8 Å². The van der Waals surface area contributed by atoms with Crippen molar-refractivity contribution in [2.24, 2.45) is 0 Å². The predicted octanol–water partition coefficient (Wildman–Crippen LogP) is 1.75. The molecule has 1 N–H and O–H groups in total. The van der Waals surface area contributed by atoms with Crippen LogP contribution in [0.1, 0.15) is 31.4 Å². The Labute approximate surface area is 86.9 Å². The molecule has 2 rings (SSSR count). The number of carboxylic acid groups (broad SMARTS) is 1. The second-order valence-electron chi connectivity index (χ2n) is 3.90. The lowest BCUT2D eigenvalue weighted by molar-refractivity contribution is -0.146. The highest BCUT2D eigenvalue weighted by atomic mass is 16.4. The zero-order valence-corrected chi connectivity index (χ0v) is 8.23. The largest absolute Gasteiger partial charge is 0.480 e. The van der Waals surface area contributed by atoms with Crippen LogP contribution in [0.3, 0.4) is 0 Å². The molecule has 80 valence electrons. The van der Waals surface area contributed by atoms with Gasteiger partial charge in [-0.2, -0.15) is 0 Å². The smallest absolute Gasteiger partial charge is 0.317 e. The second-order valence-corrected chi connectivity index (χ2v) is 3.90. The Morgan fingerprint density at radius 2 is 2.07 bits per heavy atom. The number of aliphatic carboxylic acids is 1. The van der Waals surface area contributed by atoms with Crippen molar-refractivity contribution in [2.75, 3.05) is 0 Å². The summed E-state index contributed by atoms with van der Waals surface area (Å²) in [6.45, 7) is 0. The number of ketones is 1. The fraction of sp³-hybridized carbons (Fsp3) is 0.455. The predicted molar refractivity (Wildman–Crippen MR) is 51.5 cm³/mol. The molecule has 0 aliphatic heterocycles. The molecule has 0 radical (unpaired) electrons. The third-order valence-electron chi connectivity index (χ3n) is 3.06. The molecule has 0 aromatic carbocycles. The van der Waals surface area contributed by atoms with Gasteiger partial charge in [0.25, 0.3) is 0 Å². The number of carbonyl (C=O) groups is 2. The van der Waals surface area contributed by atoms with E-state index in [1.54, 1.807) is 12.1 Å². The van der Waals surface area contributed by atoms with E-state index < -0.39 is 11.4 Å². The van der Waals surface area contributed by atoms with Crippen LogP contribution in [-0.4, -0.2) is 16.9 Å². The summed E-state index contributed by atoms with van der Waals surface area (Å²) in [5, 5.41) is 9.28. The molecule has 1 aliphatic carbocycles. The number of rotatable bonds is 2. The Bertz CT molecular complexity index is 367. The molecule has 1 saturated carbocycles. The maximum atomic E-state index is 11.3. The van der Waals surface area contributed by atoms with Crippen molar-refractivity contribution in [3.05, 3.63) is 24.2 Å². The van der Waals surface area contributed by atoms with E-state index in [0.29, 0.717) is 31.4 Å². The molecule has 1 fully saturated rings. The average molecular weight is 208 g/mol. The van der Waals surface area contributed by atoms with Gasteiger partial charge in [-0.1, -0.05) is 0 Å². The number of hydrogen-bond donors (Lipinski definition) is 1. The summed E-state index contributed by atoms with van der Waals surface area (Å²) in [6, 6.07) is 3.35. The Kier molecular flexibility index (Phi) is 2.34. The summed E-state index contributed by atoms with van der Waals surface area (Å²) in [4.78, 5) is 22.4. The van der Waals surface area contributed by atoms with Crippen molar-refractivity contribution in [3.63, 3.8) is 0 Å². The highest BCUT2D eigenvalue weighted by Crippen LogP contribution is 2.38. The molecule has 1 aromatic heterocycles. The molecule has 0 amide bonds. The highest BCUT2D eigenvalue weighted by molar-refractivity contribution is 5.86. The summed E-state index contributed by atoms with van der Waals surface area (Å²) in [5.74, 6) is -0.300. The first-order valence-electron chi connectivity index (χ1n) is 4.94. The van der Waals surface area contributed by atoms with Crippen LogP contribution in [0.2, 0.25) is 0 Å². The Morgan fingerprint density at radius 3 is 2.53 bits per heavy atom. The zero-order chi connectivity index (χ0) is 10.9. The van der Waals surface area contributed by atoms with E-state index >= 15 is 0 Å². The fourth-order valence-corrected chi connectivity index (χ4v) is 2.07. The molecule has 0 atom stereocenters. The lowest BCUT2D eigenvalue weighted by Gasteiger charge is -2.30. The van der Waals surface area contributed by atoms with Gasteiger partial charge in [0, 0.05) is 12.8 Å². The van der Waals surface area contributed by atoms with Crippen LogP contribution in [0, 0.1) is 0 Å².